The average Bonchev–Trinajstić information content (AvgIpc) is 2.72. The zero-order valence-electron chi connectivity index (χ0n) is 14.6. The molecular formula is C21H17FN4O. The first-order valence-electron chi connectivity index (χ1n) is 8.76. The summed E-state index contributed by atoms with van der Waals surface area (Å²) in [5.41, 5.74) is 1.44. The molecule has 3 aromatic rings. The van der Waals surface area contributed by atoms with E-state index < -0.39 is 5.82 Å². The van der Waals surface area contributed by atoms with Gasteiger partial charge in [-0.05, 0) is 24.3 Å². The van der Waals surface area contributed by atoms with E-state index >= 15 is 0 Å². The minimum atomic E-state index is -0.507. The first kappa shape index (κ1) is 17.0. The molecule has 5 nitrogen and oxygen atoms in total. The smallest absolute Gasteiger partial charge is 0.256 e. The van der Waals surface area contributed by atoms with Gasteiger partial charge in [-0.2, -0.15) is 5.26 Å². The quantitative estimate of drug-likeness (QED) is 0.704. The Bertz CT molecular complexity index is 1050. The number of hydrogen-bond acceptors (Lipinski definition) is 4. The van der Waals surface area contributed by atoms with Crippen LogP contribution in [0.3, 0.4) is 0 Å². The number of piperazine rings is 1. The second-order valence-corrected chi connectivity index (χ2v) is 6.42. The molecule has 0 bridgehead atoms. The van der Waals surface area contributed by atoms with Crippen molar-refractivity contribution in [3.8, 4) is 6.07 Å². The van der Waals surface area contributed by atoms with Crippen LogP contribution in [0.25, 0.3) is 10.9 Å². The summed E-state index contributed by atoms with van der Waals surface area (Å²) in [4.78, 5) is 20.9. The van der Waals surface area contributed by atoms with Crippen LogP contribution in [-0.2, 0) is 0 Å². The standard InChI is InChI=1S/C21H17FN4O/c22-18-7-3-2-6-17(18)21(27)26-11-9-25(10-12-26)20-16(14-23)13-15-5-1-4-8-19(15)24-20/h1-8,13H,9-12H2. The zero-order chi connectivity index (χ0) is 18.8. The third-order valence-corrected chi connectivity index (χ3v) is 4.79. The van der Waals surface area contributed by atoms with Crippen LogP contribution in [0.15, 0.2) is 54.6 Å². The summed E-state index contributed by atoms with van der Waals surface area (Å²) in [6.45, 7) is 1.99. The molecule has 0 aliphatic carbocycles. The topological polar surface area (TPSA) is 60.2 Å². The van der Waals surface area contributed by atoms with Crippen LogP contribution in [0.4, 0.5) is 10.2 Å². The summed E-state index contributed by atoms with van der Waals surface area (Å²) in [7, 11) is 0. The van der Waals surface area contributed by atoms with Crippen molar-refractivity contribution in [1.82, 2.24) is 9.88 Å². The van der Waals surface area contributed by atoms with E-state index in [1.54, 1.807) is 17.0 Å². The van der Waals surface area contributed by atoms with E-state index in [1.165, 1.54) is 12.1 Å². The van der Waals surface area contributed by atoms with Gasteiger partial charge in [0, 0.05) is 31.6 Å². The van der Waals surface area contributed by atoms with Gasteiger partial charge in [0.1, 0.15) is 17.7 Å². The van der Waals surface area contributed by atoms with Crippen LogP contribution < -0.4 is 4.90 Å². The molecule has 1 fully saturated rings. The maximum Gasteiger partial charge on any atom is 0.256 e. The first-order chi connectivity index (χ1) is 13.2. The summed E-state index contributed by atoms with van der Waals surface area (Å²) >= 11 is 0. The molecule has 0 radical (unpaired) electrons. The number of nitriles is 1. The highest BCUT2D eigenvalue weighted by atomic mass is 19.1. The van der Waals surface area contributed by atoms with Crippen LogP contribution in [0.1, 0.15) is 15.9 Å². The molecule has 0 atom stereocenters. The summed E-state index contributed by atoms with van der Waals surface area (Å²) in [6, 6.07) is 17.8. The van der Waals surface area contributed by atoms with Gasteiger partial charge in [0.05, 0.1) is 16.6 Å². The molecule has 1 saturated heterocycles. The Morgan fingerprint density at radius 2 is 1.74 bits per heavy atom. The Labute approximate surface area is 156 Å². The van der Waals surface area contributed by atoms with Crippen LogP contribution in [0.2, 0.25) is 0 Å². The van der Waals surface area contributed by atoms with E-state index in [4.69, 9.17) is 0 Å². The lowest BCUT2D eigenvalue weighted by Gasteiger charge is -2.35. The number of nitrogens with zero attached hydrogens (tertiary/aromatic N) is 4. The Morgan fingerprint density at radius 1 is 1.04 bits per heavy atom. The minimum absolute atomic E-state index is 0.0903. The van der Waals surface area contributed by atoms with E-state index in [0.717, 1.165) is 10.9 Å². The molecule has 2 aromatic carbocycles. The van der Waals surface area contributed by atoms with Crippen LogP contribution in [0.5, 0.6) is 0 Å². The number of rotatable bonds is 2. The molecule has 4 rings (SSSR count). The zero-order valence-corrected chi connectivity index (χ0v) is 14.6. The third kappa shape index (κ3) is 3.20. The van der Waals surface area contributed by atoms with Crippen molar-refractivity contribution >= 4 is 22.6 Å². The Morgan fingerprint density at radius 3 is 2.48 bits per heavy atom. The van der Waals surface area contributed by atoms with Crippen LogP contribution >= 0.6 is 0 Å². The molecule has 6 heteroatoms. The van der Waals surface area contributed by atoms with Gasteiger partial charge in [-0.15, -0.1) is 0 Å². The van der Waals surface area contributed by atoms with Crippen molar-refractivity contribution in [2.45, 2.75) is 0 Å². The molecule has 27 heavy (non-hydrogen) atoms. The van der Waals surface area contributed by atoms with E-state index in [0.29, 0.717) is 37.6 Å². The minimum Gasteiger partial charge on any atom is -0.352 e. The average molecular weight is 360 g/mol. The number of hydrogen-bond donors (Lipinski definition) is 0. The van der Waals surface area contributed by atoms with E-state index in [-0.39, 0.29) is 11.5 Å². The monoisotopic (exact) mass is 360 g/mol. The Balaban J connectivity index is 1.54. The van der Waals surface area contributed by atoms with Gasteiger partial charge in [0.2, 0.25) is 0 Å². The number of halogens is 1. The number of carbonyl (C=O) groups excluding carboxylic acids is 1. The van der Waals surface area contributed by atoms with Gasteiger partial charge >= 0.3 is 0 Å². The molecule has 0 unspecified atom stereocenters. The highest BCUT2D eigenvalue weighted by molar-refractivity contribution is 5.94. The molecule has 134 valence electrons. The van der Waals surface area contributed by atoms with Gasteiger partial charge in [-0.1, -0.05) is 30.3 Å². The summed E-state index contributed by atoms with van der Waals surface area (Å²) < 4.78 is 13.9. The van der Waals surface area contributed by atoms with E-state index in [1.807, 2.05) is 35.2 Å². The SMILES string of the molecule is N#Cc1cc2ccccc2nc1N1CCN(C(=O)c2ccccc2F)CC1. The van der Waals surface area contributed by atoms with Crippen molar-refractivity contribution in [2.75, 3.05) is 31.1 Å². The Hall–Kier alpha value is -3.46. The van der Waals surface area contributed by atoms with Crippen LogP contribution in [0, 0.1) is 17.1 Å². The van der Waals surface area contributed by atoms with Crippen molar-refractivity contribution in [1.29, 1.82) is 5.26 Å². The second-order valence-electron chi connectivity index (χ2n) is 6.42. The van der Waals surface area contributed by atoms with Crippen LogP contribution in [-0.4, -0.2) is 42.0 Å². The molecule has 2 heterocycles. The predicted octanol–water partition coefficient (Wildman–Crippen LogP) is 3.21. The van der Waals surface area contributed by atoms with Gasteiger partial charge in [0.25, 0.3) is 5.91 Å². The highest BCUT2D eigenvalue weighted by Crippen LogP contribution is 2.24. The largest absolute Gasteiger partial charge is 0.352 e. The highest BCUT2D eigenvalue weighted by Gasteiger charge is 2.25. The lowest BCUT2D eigenvalue weighted by molar-refractivity contribution is 0.0742. The lowest BCUT2D eigenvalue weighted by Crippen LogP contribution is -2.49. The van der Waals surface area contributed by atoms with Gasteiger partial charge in [0.15, 0.2) is 0 Å². The molecule has 0 spiro atoms. The normalized spacial score (nSPS) is 14.2. The third-order valence-electron chi connectivity index (χ3n) is 4.79. The maximum atomic E-state index is 13.9. The number of benzene rings is 2. The Kier molecular flexibility index (Phi) is 4.43. The number of para-hydroxylation sites is 1. The number of fused-ring (bicyclic) bond motifs is 1. The fourth-order valence-corrected chi connectivity index (χ4v) is 3.36. The summed E-state index contributed by atoms with van der Waals surface area (Å²) in [6.07, 6.45) is 0. The molecule has 0 N–H and O–H groups in total. The molecule has 0 saturated carbocycles. The summed E-state index contributed by atoms with van der Waals surface area (Å²) in [5, 5.41) is 10.4. The first-order valence-corrected chi connectivity index (χ1v) is 8.76. The number of aromatic nitrogens is 1. The molecule has 1 aromatic heterocycles. The van der Waals surface area contributed by atoms with Crippen molar-refractivity contribution in [2.24, 2.45) is 0 Å². The second kappa shape index (κ2) is 7.04. The molecular weight excluding hydrogens is 343 g/mol. The summed E-state index contributed by atoms with van der Waals surface area (Å²) in [5.74, 6) is -0.179. The van der Waals surface area contributed by atoms with Gasteiger partial charge in [-0.3, -0.25) is 4.79 Å². The fraction of sp³-hybridized carbons (Fsp3) is 0.190. The fourth-order valence-electron chi connectivity index (χ4n) is 3.36. The van der Waals surface area contributed by atoms with E-state index in [9.17, 15) is 14.4 Å². The number of pyridine rings is 1. The van der Waals surface area contributed by atoms with Crippen molar-refractivity contribution < 1.29 is 9.18 Å². The molecule has 1 aliphatic rings. The number of amides is 1. The maximum absolute atomic E-state index is 13.9. The predicted molar refractivity (Wildman–Crippen MR) is 101 cm³/mol. The van der Waals surface area contributed by atoms with E-state index in [2.05, 4.69) is 11.1 Å². The van der Waals surface area contributed by atoms with Gasteiger partial charge < -0.3 is 9.80 Å². The van der Waals surface area contributed by atoms with Crippen molar-refractivity contribution in [3.05, 3.63) is 71.5 Å². The number of anilines is 1. The molecule has 1 amide bonds. The van der Waals surface area contributed by atoms with Gasteiger partial charge in [-0.25, -0.2) is 9.37 Å². The van der Waals surface area contributed by atoms with Crippen molar-refractivity contribution in [3.63, 3.8) is 0 Å². The lowest BCUT2D eigenvalue weighted by atomic mass is 10.1. The number of carbonyl (C=O) groups is 1. The molecule has 1 aliphatic heterocycles.